The zero-order chi connectivity index (χ0) is 9.19. The monoisotopic (exact) mass is 170 g/mol. The molecule has 3 heteroatoms. The van der Waals surface area contributed by atoms with Crippen LogP contribution >= 0.6 is 0 Å². The fourth-order valence-corrected chi connectivity index (χ4v) is 0.973. The van der Waals surface area contributed by atoms with Gasteiger partial charge in [-0.1, -0.05) is 20.8 Å². The van der Waals surface area contributed by atoms with Gasteiger partial charge in [-0.25, -0.2) is 4.39 Å². The first-order valence-electron chi connectivity index (χ1n) is 4.14. The Bertz CT molecular complexity index is 247. The molecular weight excluding hydrogens is 155 g/mol. The van der Waals surface area contributed by atoms with Crippen molar-refractivity contribution in [2.24, 2.45) is 0 Å². The number of rotatable bonds is 2. The van der Waals surface area contributed by atoms with Gasteiger partial charge in [0, 0.05) is 11.6 Å². The Balaban J connectivity index is 2.77. The van der Waals surface area contributed by atoms with Gasteiger partial charge in [-0.05, 0) is 6.07 Å². The Labute approximate surface area is 72.4 Å². The molecule has 0 unspecified atom stereocenters. The van der Waals surface area contributed by atoms with Crippen LogP contribution in [0.4, 0.5) is 4.39 Å². The van der Waals surface area contributed by atoms with Gasteiger partial charge in [0.05, 0.1) is 12.2 Å². The Hall–Kier alpha value is -0.860. The predicted molar refractivity (Wildman–Crippen MR) is 46.9 cm³/mol. The molecule has 0 aliphatic rings. The van der Waals surface area contributed by atoms with E-state index in [1.807, 2.05) is 12.3 Å². The van der Waals surface area contributed by atoms with Crippen molar-refractivity contribution in [1.29, 1.82) is 0 Å². The van der Waals surface area contributed by atoms with Crippen LogP contribution in [0.5, 0.6) is 0 Å². The van der Waals surface area contributed by atoms with E-state index in [0.717, 1.165) is 5.69 Å². The SMILES string of the molecule is CC(C)(C)c1ccn(CCF)n1. The zero-order valence-corrected chi connectivity index (χ0v) is 7.84. The largest absolute Gasteiger partial charge is 0.270 e. The molecule has 0 spiro atoms. The average molecular weight is 170 g/mol. The van der Waals surface area contributed by atoms with Crippen LogP contribution < -0.4 is 0 Å². The molecule has 0 fully saturated rings. The molecular formula is C9H15FN2. The molecule has 1 rings (SSSR count). The van der Waals surface area contributed by atoms with E-state index in [9.17, 15) is 4.39 Å². The molecule has 1 aromatic heterocycles. The maximum absolute atomic E-state index is 11.9. The average Bonchev–Trinajstić information content (AvgIpc) is 2.35. The van der Waals surface area contributed by atoms with Gasteiger partial charge in [0.25, 0.3) is 0 Å². The topological polar surface area (TPSA) is 17.8 Å². The van der Waals surface area contributed by atoms with E-state index in [-0.39, 0.29) is 12.1 Å². The summed E-state index contributed by atoms with van der Waals surface area (Å²) in [7, 11) is 0. The third-order valence-corrected chi connectivity index (χ3v) is 1.72. The van der Waals surface area contributed by atoms with Crippen LogP contribution in [0, 0.1) is 0 Å². The smallest absolute Gasteiger partial charge is 0.109 e. The molecule has 0 amide bonds. The van der Waals surface area contributed by atoms with Gasteiger partial charge in [0.15, 0.2) is 0 Å². The second-order valence-corrected chi connectivity index (χ2v) is 3.90. The van der Waals surface area contributed by atoms with Crippen LogP contribution in [0.25, 0.3) is 0 Å². The molecule has 0 bridgehead atoms. The van der Waals surface area contributed by atoms with Crippen molar-refractivity contribution < 1.29 is 4.39 Å². The van der Waals surface area contributed by atoms with E-state index in [4.69, 9.17) is 0 Å². The summed E-state index contributed by atoms with van der Waals surface area (Å²) in [6, 6.07) is 1.94. The van der Waals surface area contributed by atoms with E-state index in [2.05, 4.69) is 25.9 Å². The van der Waals surface area contributed by atoms with Crippen molar-refractivity contribution >= 4 is 0 Å². The summed E-state index contributed by atoms with van der Waals surface area (Å²) in [5.74, 6) is 0. The van der Waals surface area contributed by atoms with E-state index in [0.29, 0.717) is 6.54 Å². The van der Waals surface area contributed by atoms with Crippen LogP contribution in [0.3, 0.4) is 0 Å². The molecule has 0 aliphatic heterocycles. The highest BCUT2D eigenvalue weighted by atomic mass is 19.1. The summed E-state index contributed by atoms with van der Waals surface area (Å²) < 4.78 is 13.6. The number of hydrogen-bond acceptors (Lipinski definition) is 1. The zero-order valence-electron chi connectivity index (χ0n) is 7.84. The molecule has 0 aliphatic carbocycles. The summed E-state index contributed by atoms with van der Waals surface area (Å²) >= 11 is 0. The lowest BCUT2D eigenvalue weighted by Gasteiger charge is -2.14. The van der Waals surface area contributed by atoms with Crippen LogP contribution in [-0.2, 0) is 12.0 Å². The van der Waals surface area contributed by atoms with E-state index >= 15 is 0 Å². The van der Waals surface area contributed by atoms with Crippen LogP contribution in [0.2, 0.25) is 0 Å². The van der Waals surface area contributed by atoms with Crippen molar-refractivity contribution in [3.05, 3.63) is 18.0 Å². The Morgan fingerprint density at radius 1 is 1.50 bits per heavy atom. The maximum Gasteiger partial charge on any atom is 0.109 e. The molecule has 0 N–H and O–H groups in total. The second-order valence-electron chi connectivity index (χ2n) is 3.90. The highest BCUT2D eigenvalue weighted by Gasteiger charge is 2.16. The quantitative estimate of drug-likeness (QED) is 0.665. The Morgan fingerprint density at radius 3 is 2.58 bits per heavy atom. The molecule has 12 heavy (non-hydrogen) atoms. The first kappa shape index (κ1) is 9.23. The number of halogens is 1. The number of nitrogens with zero attached hydrogens (tertiary/aromatic N) is 2. The number of alkyl halides is 1. The molecule has 0 atom stereocenters. The summed E-state index contributed by atoms with van der Waals surface area (Å²) in [6.45, 7) is 6.28. The summed E-state index contributed by atoms with van der Waals surface area (Å²) in [6.07, 6.45) is 1.82. The number of aromatic nitrogens is 2. The first-order chi connectivity index (χ1) is 5.54. The van der Waals surface area contributed by atoms with Gasteiger partial charge >= 0.3 is 0 Å². The predicted octanol–water partition coefficient (Wildman–Crippen LogP) is 2.15. The highest BCUT2D eigenvalue weighted by molar-refractivity contribution is 5.10. The van der Waals surface area contributed by atoms with E-state index in [1.165, 1.54) is 0 Å². The lowest BCUT2D eigenvalue weighted by Crippen LogP contribution is -2.13. The van der Waals surface area contributed by atoms with Gasteiger partial charge in [0.1, 0.15) is 6.67 Å². The molecule has 0 saturated heterocycles. The van der Waals surface area contributed by atoms with Crippen LogP contribution in [0.1, 0.15) is 26.5 Å². The van der Waals surface area contributed by atoms with E-state index < -0.39 is 0 Å². The molecule has 0 saturated carbocycles. The molecule has 1 aromatic rings. The van der Waals surface area contributed by atoms with Crippen molar-refractivity contribution in [2.75, 3.05) is 6.67 Å². The minimum absolute atomic E-state index is 0.0571. The third-order valence-electron chi connectivity index (χ3n) is 1.72. The molecule has 0 radical (unpaired) electrons. The Kier molecular flexibility index (Phi) is 2.50. The molecule has 1 heterocycles. The van der Waals surface area contributed by atoms with Gasteiger partial charge in [-0.15, -0.1) is 0 Å². The highest BCUT2D eigenvalue weighted by Crippen LogP contribution is 2.19. The normalized spacial score (nSPS) is 12.0. The minimum atomic E-state index is -0.356. The van der Waals surface area contributed by atoms with Crippen LogP contribution in [-0.4, -0.2) is 16.5 Å². The van der Waals surface area contributed by atoms with E-state index in [1.54, 1.807) is 4.68 Å². The van der Waals surface area contributed by atoms with Crippen molar-refractivity contribution in [3.8, 4) is 0 Å². The van der Waals surface area contributed by atoms with Crippen molar-refractivity contribution in [3.63, 3.8) is 0 Å². The molecule has 2 nitrogen and oxygen atoms in total. The van der Waals surface area contributed by atoms with Crippen molar-refractivity contribution in [2.45, 2.75) is 32.7 Å². The number of hydrogen-bond donors (Lipinski definition) is 0. The van der Waals surface area contributed by atoms with Gasteiger partial charge in [-0.2, -0.15) is 5.10 Å². The van der Waals surface area contributed by atoms with Gasteiger partial charge in [-0.3, -0.25) is 4.68 Å². The Morgan fingerprint density at radius 2 is 2.17 bits per heavy atom. The summed E-state index contributed by atoms with van der Waals surface area (Å²) in [5.41, 5.74) is 1.07. The minimum Gasteiger partial charge on any atom is -0.270 e. The lowest BCUT2D eigenvalue weighted by atomic mass is 9.93. The van der Waals surface area contributed by atoms with Crippen LogP contribution in [0.15, 0.2) is 12.3 Å². The summed E-state index contributed by atoms with van der Waals surface area (Å²) in [5, 5.41) is 4.25. The third kappa shape index (κ3) is 2.06. The summed E-state index contributed by atoms with van der Waals surface area (Å²) in [4.78, 5) is 0. The second kappa shape index (κ2) is 3.25. The maximum atomic E-state index is 11.9. The van der Waals surface area contributed by atoms with Gasteiger partial charge < -0.3 is 0 Å². The lowest BCUT2D eigenvalue weighted by molar-refractivity contribution is 0.421. The fourth-order valence-electron chi connectivity index (χ4n) is 0.973. The standard InChI is InChI=1S/C9H15FN2/c1-9(2,3)8-4-6-12(11-8)7-5-10/h4,6H,5,7H2,1-3H3. The fraction of sp³-hybridized carbons (Fsp3) is 0.667. The number of aryl methyl sites for hydroxylation is 1. The van der Waals surface area contributed by atoms with Gasteiger partial charge in [0.2, 0.25) is 0 Å². The molecule has 0 aromatic carbocycles. The first-order valence-corrected chi connectivity index (χ1v) is 4.14. The van der Waals surface area contributed by atoms with Crippen molar-refractivity contribution in [1.82, 2.24) is 9.78 Å². The molecule has 68 valence electrons.